The van der Waals surface area contributed by atoms with E-state index in [1.54, 1.807) is 38.5 Å². The van der Waals surface area contributed by atoms with Crippen LogP contribution in [0.5, 0.6) is 0 Å². The van der Waals surface area contributed by atoms with Gasteiger partial charge in [-0.2, -0.15) is 0 Å². The molecule has 0 aromatic rings. The fraction of sp³-hybridized carbons (Fsp3) is 1.00. The smallest absolute Gasteiger partial charge is 0.0112 e. The van der Waals surface area contributed by atoms with E-state index in [4.69, 9.17) is 0 Å². The van der Waals surface area contributed by atoms with Crippen LogP contribution in [0.4, 0.5) is 0 Å². The van der Waals surface area contributed by atoms with E-state index in [2.05, 4.69) is 9.80 Å². The van der Waals surface area contributed by atoms with Crippen LogP contribution in [0.2, 0.25) is 0 Å². The molecule has 1 heterocycles. The van der Waals surface area contributed by atoms with E-state index < -0.39 is 0 Å². The van der Waals surface area contributed by atoms with Gasteiger partial charge in [-0.25, -0.2) is 0 Å². The second-order valence-electron chi connectivity index (χ2n) is 12.4. The molecule has 0 amide bonds. The van der Waals surface area contributed by atoms with Crippen molar-refractivity contribution in [3.63, 3.8) is 0 Å². The molecular weight excluding hydrogens is 376 g/mol. The fourth-order valence-corrected chi connectivity index (χ4v) is 8.30. The van der Waals surface area contributed by atoms with Crippen molar-refractivity contribution >= 4 is 0 Å². The van der Waals surface area contributed by atoms with Gasteiger partial charge in [-0.1, -0.05) is 77.0 Å². The Labute approximate surface area is 193 Å². The van der Waals surface area contributed by atoms with Gasteiger partial charge in [-0.05, 0) is 81.7 Å². The van der Waals surface area contributed by atoms with Gasteiger partial charge in [-0.15, -0.1) is 0 Å². The third-order valence-electron chi connectivity index (χ3n) is 10.6. The minimum atomic E-state index is 0.929. The van der Waals surface area contributed by atoms with Crippen LogP contribution < -0.4 is 0 Å². The summed E-state index contributed by atoms with van der Waals surface area (Å²) in [5, 5.41) is 0. The number of hydrogen-bond donors (Lipinski definition) is 0. The maximum absolute atomic E-state index is 2.94. The van der Waals surface area contributed by atoms with Gasteiger partial charge in [0, 0.05) is 25.2 Å². The highest BCUT2D eigenvalue weighted by Crippen LogP contribution is 2.43. The van der Waals surface area contributed by atoms with Crippen molar-refractivity contribution in [2.45, 2.75) is 134 Å². The molecular formula is C29H52N2. The Balaban J connectivity index is 0.000000461. The van der Waals surface area contributed by atoms with E-state index >= 15 is 0 Å². The van der Waals surface area contributed by atoms with Crippen LogP contribution in [0.15, 0.2) is 0 Å². The molecule has 1 saturated heterocycles. The Morgan fingerprint density at radius 2 is 0.742 bits per heavy atom. The van der Waals surface area contributed by atoms with Crippen LogP contribution in [0.3, 0.4) is 0 Å². The third-order valence-corrected chi connectivity index (χ3v) is 10.6. The van der Waals surface area contributed by atoms with E-state index in [0.29, 0.717) is 0 Å². The molecule has 31 heavy (non-hydrogen) atoms. The summed E-state index contributed by atoms with van der Waals surface area (Å²) in [4.78, 5) is 5.88. The monoisotopic (exact) mass is 428 g/mol. The maximum Gasteiger partial charge on any atom is 0.0112 e. The number of hydrogen-bond acceptors (Lipinski definition) is 2. The van der Waals surface area contributed by atoms with Gasteiger partial charge >= 0.3 is 0 Å². The van der Waals surface area contributed by atoms with E-state index in [1.807, 2.05) is 0 Å². The summed E-state index contributed by atoms with van der Waals surface area (Å²) in [6, 6.07) is 1.86. The first-order valence-electron chi connectivity index (χ1n) is 14.8. The quantitative estimate of drug-likeness (QED) is 0.456. The highest BCUT2D eigenvalue weighted by Gasteiger charge is 2.37. The largest absolute Gasteiger partial charge is 0.299 e. The van der Waals surface area contributed by atoms with Gasteiger partial charge in [0.05, 0.1) is 0 Å². The highest BCUT2D eigenvalue weighted by molar-refractivity contribution is 4.91. The molecule has 0 bridgehead atoms. The van der Waals surface area contributed by atoms with Crippen molar-refractivity contribution < 1.29 is 0 Å². The van der Waals surface area contributed by atoms with E-state index in [9.17, 15) is 0 Å². The first-order chi connectivity index (χ1) is 15.4. The summed E-state index contributed by atoms with van der Waals surface area (Å²) in [5.41, 5.74) is 0. The topological polar surface area (TPSA) is 6.48 Å². The zero-order valence-corrected chi connectivity index (χ0v) is 20.6. The van der Waals surface area contributed by atoms with E-state index in [-0.39, 0.29) is 0 Å². The van der Waals surface area contributed by atoms with Gasteiger partial charge in [0.1, 0.15) is 0 Å². The first kappa shape index (κ1) is 22.7. The summed E-state index contributed by atoms with van der Waals surface area (Å²) in [6.07, 6.45) is 28.9. The molecule has 5 saturated carbocycles. The Morgan fingerprint density at radius 3 is 1.16 bits per heavy atom. The van der Waals surface area contributed by atoms with Gasteiger partial charge in [0.25, 0.3) is 0 Å². The molecule has 6 atom stereocenters. The zero-order valence-electron chi connectivity index (χ0n) is 20.6. The van der Waals surface area contributed by atoms with Gasteiger partial charge in [0.2, 0.25) is 0 Å². The van der Waals surface area contributed by atoms with Crippen molar-refractivity contribution in [1.82, 2.24) is 9.80 Å². The average Bonchev–Trinajstić information content (AvgIpc) is 3.04. The molecule has 6 aliphatic rings. The molecule has 178 valence electrons. The second kappa shape index (κ2) is 11.4. The van der Waals surface area contributed by atoms with Crippen molar-refractivity contribution in [2.24, 2.45) is 23.7 Å². The molecule has 0 radical (unpaired) electrons. The lowest BCUT2D eigenvalue weighted by Gasteiger charge is -2.44. The summed E-state index contributed by atoms with van der Waals surface area (Å²) in [7, 11) is 0. The molecule has 1 aliphatic heterocycles. The molecule has 6 unspecified atom stereocenters. The number of nitrogens with zero attached hydrogens (tertiary/aromatic N) is 2. The van der Waals surface area contributed by atoms with Gasteiger partial charge < -0.3 is 0 Å². The van der Waals surface area contributed by atoms with Crippen LogP contribution in [-0.4, -0.2) is 48.1 Å². The molecule has 5 aliphatic carbocycles. The summed E-state index contributed by atoms with van der Waals surface area (Å²) in [5.74, 6) is 4.37. The van der Waals surface area contributed by atoms with Crippen LogP contribution in [0, 0.1) is 23.7 Å². The van der Waals surface area contributed by atoms with Crippen LogP contribution in [0.25, 0.3) is 0 Å². The van der Waals surface area contributed by atoms with Crippen molar-refractivity contribution in [3.8, 4) is 0 Å². The Morgan fingerprint density at radius 1 is 0.323 bits per heavy atom. The standard InChI is InChI=1S/C25H44N2.C4H8/c1-3-8-22-18-24(12-10-20(22)6-1)26-14-5-15-27(17-16-26)25-13-11-21-7-2-4-9-23(21)19-25;1-2-4-3-1/h20-25H,1-19H2;1-4H2. The predicted octanol–water partition coefficient (Wildman–Crippen LogP) is 7.27. The minimum Gasteiger partial charge on any atom is -0.299 e. The molecule has 2 heteroatoms. The van der Waals surface area contributed by atoms with Crippen molar-refractivity contribution in [3.05, 3.63) is 0 Å². The molecule has 6 rings (SSSR count). The normalized spacial score (nSPS) is 42.2. The average molecular weight is 429 g/mol. The zero-order chi connectivity index (χ0) is 20.9. The first-order valence-corrected chi connectivity index (χ1v) is 14.8. The Kier molecular flexibility index (Phi) is 8.32. The third kappa shape index (κ3) is 5.89. The molecule has 0 N–H and O–H groups in total. The maximum atomic E-state index is 2.94. The van der Waals surface area contributed by atoms with Crippen LogP contribution in [0.1, 0.15) is 122 Å². The molecule has 0 aromatic carbocycles. The van der Waals surface area contributed by atoms with Crippen LogP contribution >= 0.6 is 0 Å². The number of rotatable bonds is 2. The molecule has 6 fully saturated rings. The van der Waals surface area contributed by atoms with Gasteiger partial charge in [0.15, 0.2) is 0 Å². The molecule has 0 aromatic heterocycles. The lowest BCUT2D eigenvalue weighted by atomic mass is 9.69. The highest BCUT2D eigenvalue weighted by atomic mass is 15.2. The van der Waals surface area contributed by atoms with Gasteiger partial charge in [-0.3, -0.25) is 9.80 Å². The minimum absolute atomic E-state index is 0.929. The van der Waals surface area contributed by atoms with E-state index in [1.165, 1.54) is 110 Å². The summed E-state index contributed by atoms with van der Waals surface area (Å²) in [6.45, 7) is 5.51. The lowest BCUT2D eigenvalue weighted by Crippen LogP contribution is -2.45. The number of fused-ring (bicyclic) bond motifs is 2. The molecule has 0 spiro atoms. The lowest BCUT2D eigenvalue weighted by molar-refractivity contribution is 0.0629. The Bertz CT molecular complexity index is 483. The van der Waals surface area contributed by atoms with E-state index in [0.717, 1.165) is 35.8 Å². The van der Waals surface area contributed by atoms with Crippen molar-refractivity contribution in [2.75, 3.05) is 26.2 Å². The summed E-state index contributed by atoms with van der Waals surface area (Å²) < 4.78 is 0. The molecule has 2 nitrogen and oxygen atoms in total. The summed E-state index contributed by atoms with van der Waals surface area (Å²) >= 11 is 0. The fourth-order valence-electron chi connectivity index (χ4n) is 8.30. The second-order valence-corrected chi connectivity index (χ2v) is 12.4. The SMILES string of the molecule is C1CCC1.C1CCC2CC(N3CCCN(C4CCC5CCCCC5C4)CC3)CCC2C1. The predicted molar refractivity (Wildman–Crippen MR) is 132 cm³/mol. The van der Waals surface area contributed by atoms with Crippen LogP contribution in [-0.2, 0) is 0 Å². The Hall–Kier alpha value is -0.0800. The van der Waals surface area contributed by atoms with Crippen molar-refractivity contribution in [1.29, 1.82) is 0 Å².